The molecule has 1 N–H and O–H groups in total. The van der Waals surface area contributed by atoms with Crippen LogP contribution in [0.2, 0.25) is 0 Å². The first-order valence-corrected chi connectivity index (χ1v) is 9.82. The van der Waals surface area contributed by atoms with Crippen LogP contribution in [0.3, 0.4) is 0 Å². The summed E-state index contributed by atoms with van der Waals surface area (Å²) < 4.78 is 16.9. The van der Waals surface area contributed by atoms with Gasteiger partial charge in [0.2, 0.25) is 0 Å². The zero-order valence-electron chi connectivity index (χ0n) is 17.6. The van der Waals surface area contributed by atoms with Crippen LogP contribution in [0.25, 0.3) is 0 Å². The number of carbonyl (C=O) groups is 2. The Labute approximate surface area is 170 Å². The molecule has 1 aliphatic rings. The van der Waals surface area contributed by atoms with Gasteiger partial charge in [-0.1, -0.05) is 12.1 Å². The molecule has 0 radical (unpaired) electrons. The highest BCUT2D eigenvalue weighted by atomic mass is 16.6. The van der Waals surface area contributed by atoms with Crippen molar-refractivity contribution in [1.29, 1.82) is 0 Å². The minimum Gasteiger partial charge on any atom is -0.486 e. The Morgan fingerprint density at radius 3 is 2.66 bits per heavy atom. The van der Waals surface area contributed by atoms with Gasteiger partial charge in [-0.05, 0) is 52.4 Å². The molecule has 1 aliphatic heterocycles. The SMILES string of the molecule is CCOC(=O)c1c(C)[nH]c(C(=O)[C@@H](C)N(C)C[C@@H]2COc3ccccc3O2)c1C. The number of hydrogen-bond acceptors (Lipinski definition) is 6. The Kier molecular flexibility index (Phi) is 6.27. The molecule has 3 rings (SSSR count). The van der Waals surface area contributed by atoms with Crippen molar-refractivity contribution in [3.05, 3.63) is 46.8 Å². The van der Waals surface area contributed by atoms with E-state index < -0.39 is 12.0 Å². The number of esters is 1. The van der Waals surface area contributed by atoms with Crippen LogP contribution < -0.4 is 9.47 Å². The maximum Gasteiger partial charge on any atom is 0.340 e. The molecule has 0 aliphatic carbocycles. The van der Waals surface area contributed by atoms with Gasteiger partial charge in [-0.2, -0.15) is 0 Å². The highest BCUT2D eigenvalue weighted by Gasteiger charge is 2.30. The fraction of sp³-hybridized carbons (Fsp3) is 0.455. The third kappa shape index (κ3) is 4.29. The number of benzene rings is 1. The first-order chi connectivity index (χ1) is 13.8. The van der Waals surface area contributed by atoms with Crippen LogP contribution in [0, 0.1) is 13.8 Å². The topological polar surface area (TPSA) is 80.9 Å². The van der Waals surface area contributed by atoms with Crippen LogP contribution in [0.15, 0.2) is 24.3 Å². The third-order valence-corrected chi connectivity index (χ3v) is 5.26. The van der Waals surface area contributed by atoms with E-state index in [1.165, 1.54) is 0 Å². The number of ketones is 1. The lowest BCUT2D eigenvalue weighted by Gasteiger charge is -2.31. The lowest BCUT2D eigenvalue weighted by Crippen LogP contribution is -2.45. The molecule has 0 bridgehead atoms. The normalized spacial score (nSPS) is 16.6. The van der Waals surface area contributed by atoms with Gasteiger partial charge in [-0.3, -0.25) is 9.69 Å². The number of hydrogen-bond donors (Lipinski definition) is 1. The smallest absolute Gasteiger partial charge is 0.340 e. The molecule has 1 aromatic carbocycles. The molecule has 2 heterocycles. The fourth-order valence-electron chi connectivity index (χ4n) is 3.55. The van der Waals surface area contributed by atoms with Crippen molar-refractivity contribution in [2.45, 2.75) is 39.8 Å². The molecule has 0 spiro atoms. The van der Waals surface area contributed by atoms with E-state index in [9.17, 15) is 9.59 Å². The summed E-state index contributed by atoms with van der Waals surface area (Å²) in [6, 6.07) is 7.15. The molecule has 29 heavy (non-hydrogen) atoms. The summed E-state index contributed by atoms with van der Waals surface area (Å²) in [6.07, 6.45) is -0.174. The van der Waals surface area contributed by atoms with E-state index in [-0.39, 0.29) is 18.5 Å². The minimum absolute atomic E-state index is 0.0826. The van der Waals surface area contributed by atoms with Gasteiger partial charge in [0.1, 0.15) is 12.7 Å². The van der Waals surface area contributed by atoms with Crippen molar-refractivity contribution >= 4 is 11.8 Å². The summed E-state index contributed by atoms with van der Waals surface area (Å²) >= 11 is 0. The molecule has 0 unspecified atom stereocenters. The zero-order valence-corrected chi connectivity index (χ0v) is 17.6. The fourth-order valence-corrected chi connectivity index (χ4v) is 3.55. The molecule has 2 aromatic rings. The number of fused-ring (bicyclic) bond motifs is 1. The van der Waals surface area contributed by atoms with Crippen LogP contribution >= 0.6 is 0 Å². The second-order valence-corrected chi connectivity index (χ2v) is 7.32. The number of H-pyrrole nitrogens is 1. The van der Waals surface area contributed by atoms with Gasteiger partial charge in [0, 0.05) is 12.2 Å². The van der Waals surface area contributed by atoms with Crippen molar-refractivity contribution in [2.24, 2.45) is 0 Å². The van der Waals surface area contributed by atoms with Crippen LogP contribution in [-0.2, 0) is 4.74 Å². The second-order valence-electron chi connectivity index (χ2n) is 7.32. The molecular weight excluding hydrogens is 372 g/mol. The molecular formula is C22H28N2O5. The minimum atomic E-state index is -0.412. The number of Topliss-reactive ketones (excluding diaryl/α,β-unsaturated/α-hetero) is 1. The first kappa shape index (κ1) is 20.9. The summed E-state index contributed by atoms with van der Waals surface area (Å²) in [4.78, 5) is 30.3. The number of carbonyl (C=O) groups excluding carboxylic acids is 2. The lowest BCUT2D eigenvalue weighted by molar-refractivity contribution is 0.0520. The number of nitrogens with one attached hydrogen (secondary N) is 1. The van der Waals surface area contributed by atoms with Crippen LogP contribution in [0.5, 0.6) is 11.5 Å². The summed E-state index contributed by atoms with van der Waals surface area (Å²) in [5.74, 6) is 0.955. The van der Waals surface area contributed by atoms with Crippen molar-refractivity contribution in [2.75, 3.05) is 26.8 Å². The molecule has 7 nitrogen and oxygen atoms in total. The number of rotatable bonds is 7. The molecule has 1 aromatic heterocycles. The van der Waals surface area contributed by atoms with Gasteiger partial charge in [0.15, 0.2) is 17.3 Å². The Balaban J connectivity index is 1.69. The van der Waals surface area contributed by atoms with Gasteiger partial charge >= 0.3 is 5.97 Å². The largest absolute Gasteiger partial charge is 0.486 e. The van der Waals surface area contributed by atoms with E-state index in [2.05, 4.69) is 4.98 Å². The molecule has 156 valence electrons. The lowest BCUT2D eigenvalue weighted by atomic mass is 10.0. The van der Waals surface area contributed by atoms with Gasteiger partial charge < -0.3 is 19.2 Å². The Bertz CT molecular complexity index is 905. The van der Waals surface area contributed by atoms with Crippen molar-refractivity contribution in [3.63, 3.8) is 0 Å². The monoisotopic (exact) mass is 400 g/mol. The number of nitrogens with zero attached hydrogens (tertiary/aromatic N) is 1. The van der Waals surface area contributed by atoms with E-state index >= 15 is 0 Å². The Hall–Kier alpha value is -2.80. The predicted molar refractivity (Wildman–Crippen MR) is 109 cm³/mol. The molecule has 0 amide bonds. The summed E-state index contributed by atoms with van der Waals surface area (Å²) in [6.45, 7) is 8.39. The number of ether oxygens (including phenoxy) is 3. The van der Waals surface area contributed by atoms with Crippen LogP contribution in [0.4, 0.5) is 0 Å². The zero-order chi connectivity index (χ0) is 21.1. The Morgan fingerprint density at radius 1 is 1.28 bits per heavy atom. The van der Waals surface area contributed by atoms with Gasteiger partial charge in [0.05, 0.1) is 23.9 Å². The van der Waals surface area contributed by atoms with Crippen molar-refractivity contribution in [1.82, 2.24) is 9.88 Å². The average molecular weight is 400 g/mol. The molecule has 0 fully saturated rings. The number of aryl methyl sites for hydroxylation is 1. The third-order valence-electron chi connectivity index (χ3n) is 5.26. The van der Waals surface area contributed by atoms with Crippen LogP contribution in [0.1, 0.15) is 46.0 Å². The molecule has 7 heteroatoms. The van der Waals surface area contributed by atoms with Gasteiger partial charge in [-0.25, -0.2) is 4.79 Å². The first-order valence-electron chi connectivity index (χ1n) is 9.82. The van der Waals surface area contributed by atoms with E-state index in [0.717, 1.165) is 5.75 Å². The second kappa shape index (κ2) is 8.69. The molecule has 0 saturated carbocycles. The maximum atomic E-state index is 13.1. The molecule has 2 atom stereocenters. The van der Waals surface area contributed by atoms with Gasteiger partial charge in [0.25, 0.3) is 0 Å². The van der Waals surface area contributed by atoms with E-state index in [1.54, 1.807) is 20.8 Å². The quantitative estimate of drug-likeness (QED) is 0.568. The number of para-hydroxylation sites is 2. The highest BCUT2D eigenvalue weighted by molar-refractivity contribution is 6.03. The highest BCUT2D eigenvalue weighted by Crippen LogP contribution is 2.31. The predicted octanol–water partition coefficient (Wildman–Crippen LogP) is 3.15. The van der Waals surface area contributed by atoms with Crippen molar-refractivity contribution < 1.29 is 23.8 Å². The summed E-state index contributed by atoms with van der Waals surface area (Å²) in [5, 5.41) is 0. The van der Waals surface area contributed by atoms with E-state index in [0.29, 0.717) is 41.4 Å². The van der Waals surface area contributed by atoms with E-state index in [1.807, 2.05) is 43.1 Å². The number of aromatic amines is 1. The van der Waals surface area contributed by atoms with Crippen LogP contribution in [-0.4, -0.2) is 60.6 Å². The average Bonchev–Trinajstić information content (AvgIpc) is 3.01. The molecule has 0 saturated heterocycles. The number of likely N-dealkylation sites (N-methyl/N-ethyl adjacent to an activating group) is 1. The van der Waals surface area contributed by atoms with Crippen molar-refractivity contribution in [3.8, 4) is 11.5 Å². The summed E-state index contributed by atoms with van der Waals surface area (Å²) in [5.41, 5.74) is 2.14. The number of aromatic nitrogens is 1. The standard InChI is InChI=1S/C22H28N2O5/c1-6-27-22(26)19-13(2)20(23-14(19)3)21(25)15(4)24(5)11-16-12-28-17-9-7-8-10-18(17)29-16/h7-10,15-16,23H,6,11-12H2,1-5H3/t15-,16-/m1/s1. The van der Waals surface area contributed by atoms with E-state index in [4.69, 9.17) is 14.2 Å². The maximum absolute atomic E-state index is 13.1. The Morgan fingerprint density at radius 2 is 1.97 bits per heavy atom. The van der Waals surface area contributed by atoms with Gasteiger partial charge in [-0.15, -0.1) is 0 Å². The summed E-state index contributed by atoms with van der Waals surface area (Å²) in [7, 11) is 1.88.